The molecule has 18 heteroatoms. The fourth-order valence-electron chi connectivity index (χ4n) is 7.65. The summed E-state index contributed by atoms with van der Waals surface area (Å²) in [6, 6.07) is 6.76. The normalized spacial score (nSPS) is 18.8. The van der Waals surface area contributed by atoms with Crippen LogP contribution in [0.2, 0.25) is 0 Å². The van der Waals surface area contributed by atoms with Gasteiger partial charge in [0.1, 0.15) is 40.6 Å². The van der Waals surface area contributed by atoms with Crippen LogP contribution < -0.4 is 25.6 Å². The van der Waals surface area contributed by atoms with E-state index in [2.05, 4.69) is 20.9 Å². The van der Waals surface area contributed by atoms with Gasteiger partial charge in [0.05, 0.1) is 40.8 Å². The van der Waals surface area contributed by atoms with E-state index in [0.717, 1.165) is 17.8 Å². The van der Waals surface area contributed by atoms with Gasteiger partial charge in [-0.05, 0) is 58.1 Å². The summed E-state index contributed by atoms with van der Waals surface area (Å²) < 4.78 is 64.3. The Morgan fingerprint density at radius 2 is 1.74 bits per heavy atom. The summed E-state index contributed by atoms with van der Waals surface area (Å²) in [6.45, 7) is 4.86. The van der Waals surface area contributed by atoms with Crippen molar-refractivity contribution in [2.45, 2.75) is 88.9 Å². The highest BCUT2D eigenvalue weighted by molar-refractivity contribution is 6.06. The van der Waals surface area contributed by atoms with Gasteiger partial charge < -0.3 is 34.7 Å². The van der Waals surface area contributed by atoms with Gasteiger partial charge in [-0.15, -0.1) is 0 Å². The van der Waals surface area contributed by atoms with E-state index in [-0.39, 0.29) is 91.6 Å². The van der Waals surface area contributed by atoms with Crippen LogP contribution in [0.25, 0.3) is 5.65 Å². The molecule has 308 valence electrons. The van der Waals surface area contributed by atoms with Crippen LogP contribution in [0.1, 0.15) is 92.9 Å². The van der Waals surface area contributed by atoms with Crippen molar-refractivity contribution < 1.29 is 46.6 Å². The molecule has 3 saturated heterocycles. The van der Waals surface area contributed by atoms with Crippen molar-refractivity contribution in [2.24, 2.45) is 0 Å². The van der Waals surface area contributed by atoms with Gasteiger partial charge >= 0.3 is 0 Å². The Kier molecular flexibility index (Phi) is 11.6. The van der Waals surface area contributed by atoms with Crippen LogP contribution in [-0.4, -0.2) is 91.9 Å². The van der Waals surface area contributed by atoms with Crippen LogP contribution in [0.4, 0.5) is 34.8 Å². The molecule has 0 saturated carbocycles. The third-order valence-corrected chi connectivity index (χ3v) is 10.8. The number of imidazole rings is 1. The lowest BCUT2D eigenvalue weighted by Crippen LogP contribution is -2.49. The summed E-state index contributed by atoms with van der Waals surface area (Å²) in [5.41, 5.74) is -0.515. The van der Waals surface area contributed by atoms with Gasteiger partial charge in [-0.25, -0.2) is 27.5 Å². The molecule has 3 aliphatic heterocycles. The van der Waals surface area contributed by atoms with E-state index in [9.17, 15) is 33.1 Å². The number of hydrogen-bond acceptors (Lipinski definition) is 10. The maximum Gasteiger partial charge on any atom is 0.280 e. The largest absolute Gasteiger partial charge is 0.490 e. The first-order valence-corrected chi connectivity index (χ1v) is 19.2. The Morgan fingerprint density at radius 1 is 1.00 bits per heavy atom. The lowest BCUT2D eigenvalue weighted by atomic mass is 9.86. The minimum atomic E-state index is -2.79. The molecule has 0 aliphatic carbocycles. The molecule has 1 aromatic carbocycles. The van der Waals surface area contributed by atoms with E-state index in [1.807, 2.05) is 20.0 Å². The number of fused-ring (bicyclic) bond motifs is 1. The molecule has 58 heavy (non-hydrogen) atoms. The van der Waals surface area contributed by atoms with Crippen LogP contribution in [-0.2, 0) is 14.4 Å². The summed E-state index contributed by atoms with van der Waals surface area (Å²) in [7, 11) is 0. The van der Waals surface area contributed by atoms with Gasteiger partial charge in [0.15, 0.2) is 0 Å². The van der Waals surface area contributed by atoms with Crippen LogP contribution in [0, 0.1) is 11.6 Å². The van der Waals surface area contributed by atoms with Gasteiger partial charge in [0.25, 0.3) is 12.3 Å². The van der Waals surface area contributed by atoms with Gasteiger partial charge in [0, 0.05) is 69.1 Å². The monoisotopic (exact) mass is 808 g/mol. The van der Waals surface area contributed by atoms with E-state index in [0.29, 0.717) is 31.6 Å². The number of likely N-dealkylation sites (tertiary alicyclic amines) is 1. The molecule has 3 aromatic heterocycles. The standard InChI is InChI=1S/C40H44F4N8O6/c1-22(2)58-32-18-34-47-30(21-52(34)20-24(32)38(55)48-33-5-3-4-27(46-33)37(43)44)23-8-12-51(13-9-23)36(54)19-40(57)10-14-50(15-11-40)31-17-25(41)29(16-26(31)42)45-28-6-7-35(53)49-39(28)56/h3-5,16-18,20-23,28,37,45,57H,6-15,19H2,1-2H3,(H,46,48,55)(H,49,53,56). The van der Waals surface area contributed by atoms with Gasteiger partial charge in [-0.1, -0.05) is 6.07 Å². The van der Waals surface area contributed by atoms with Crippen molar-refractivity contribution in [3.63, 3.8) is 0 Å². The number of pyridine rings is 2. The molecule has 0 bridgehead atoms. The number of anilines is 3. The van der Waals surface area contributed by atoms with E-state index in [1.54, 1.807) is 26.5 Å². The predicted molar refractivity (Wildman–Crippen MR) is 204 cm³/mol. The lowest BCUT2D eigenvalue weighted by Gasteiger charge is -2.40. The third kappa shape index (κ3) is 9.01. The number of rotatable bonds is 11. The van der Waals surface area contributed by atoms with E-state index >= 15 is 8.78 Å². The number of halogens is 4. The second-order valence-corrected chi connectivity index (χ2v) is 15.3. The Hall–Kier alpha value is -5.78. The Balaban J connectivity index is 0.940. The number of nitrogens with one attached hydrogen (secondary N) is 3. The number of aliphatic hydroxyl groups is 1. The first kappa shape index (κ1) is 40.4. The average molecular weight is 809 g/mol. The molecule has 1 unspecified atom stereocenters. The number of hydrogen-bond donors (Lipinski definition) is 4. The SMILES string of the molecule is CC(C)Oc1cc2nc(C3CCN(C(=O)CC4(O)CCN(c5cc(F)c(NC6CCC(=O)NC6=O)cc5F)CC4)CC3)cn2cc1C(=O)Nc1cccc(C(F)F)n1. The number of carbonyl (C=O) groups excluding carboxylic acids is 4. The predicted octanol–water partition coefficient (Wildman–Crippen LogP) is 5.33. The number of aromatic nitrogens is 3. The molecule has 4 aromatic rings. The summed E-state index contributed by atoms with van der Waals surface area (Å²) >= 11 is 0. The molecule has 0 radical (unpaired) electrons. The highest BCUT2D eigenvalue weighted by atomic mass is 19.3. The minimum absolute atomic E-state index is 0.00390. The molecule has 1 atom stereocenters. The maximum absolute atomic E-state index is 15.2. The summed E-state index contributed by atoms with van der Waals surface area (Å²) in [6.07, 6.45) is 1.98. The number of alkyl halides is 2. The molecule has 6 heterocycles. The number of amides is 4. The number of ether oxygens (including phenoxy) is 1. The van der Waals surface area contributed by atoms with Gasteiger partial charge in [-0.3, -0.25) is 24.5 Å². The molecule has 7 rings (SSSR count). The van der Waals surface area contributed by atoms with Crippen molar-refractivity contribution in [3.05, 3.63) is 77.4 Å². The second-order valence-electron chi connectivity index (χ2n) is 15.3. The van der Waals surface area contributed by atoms with Crippen molar-refractivity contribution in [2.75, 3.05) is 41.7 Å². The summed E-state index contributed by atoms with van der Waals surface area (Å²) in [5, 5.41) is 18.8. The highest BCUT2D eigenvalue weighted by Crippen LogP contribution is 2.35. The first-order chi connectivity index (χ1) is 27.6. The molecular weight excluding hydrogens is 764 g/mol. The summed E-state index contributed by atoms with van der Waals surface area (Å²) in [4.78, 5) is 62.2. The fourth-order valence-corrected chi connectivity index (χ4v) is 7.65. The van der Waals surface area contributed by atoms with Crippen LogP contribution >= 0.6 is 0 Å². The van der Waals surface area contributed by atoms with Crippen molar-refractivity contribution in [3.8, 4) is 5.75 Å². The van der Waals surface area contributed by atoms with Crippen LogP contribution in [0.3, 0.4) is 0 Å². The first-order valence-electron chi connectivity index (χ1n) is 19.2. The average Bonchev–Trinajstić information content (AvgIpc) is 3.60. The van der Waals surface area contributed by atoms with Crippen molar-refractivity contribution in [1.82, 2.24) is 24.6 Å². The molecule has 4 amide bonds. The quantitative estimate of drug-likeness (QED) is 0.115. The maximum atomic E-state index is 15.2. The van der Waals surface area contributed by atoms with Gasteiger partial charge in [0.2, 0.25) is 17.7 Å². The molecule has 4 N–H and O–H groups in total. The van der Waals surface area contributed by atoms with Gasteiger partial charge in [-0.2, -0.15) is 0 Å². The highest BCUT2D eigenvalue weighted by Gasteiger charge is 2.38. The second kappa shape index (κ2) is 16.6. The van der Waals surface area contributed by atoms with Crippen LogP contribution in [0.15, 0.2) is 48.8 Å². The van der Waals surface area contributed by atoms with E-state index < -0.39 is 53.1 Å². The Morgan fingerprint density at radius 3 is 2.43 bits per heavy atom. The molecule has 0 spiro atoms. The zero-order valence-electron chi connectivity index (χ0n) is 31.9. The number of carbonyl (C=O) groups is 4. The van der Waals surface area contributed by atoms with Crippen LogP contribution in [0.5, 0.6) is 5.75 Å². The third-order valence-electron chi connectivity index (χ3n) is 10.8. The lowest BCUT2D eigenvalue weighted by molar-refractivity contribution is -0.138. The zero-order valence-corrected chi connectivity index (χ0v) is 31.9. The molecule has 3 fully saturated rings. The Labute approximate surface area is 330 Å². The molecule has 14 nitrogen and oxygen atoms in total. The number of piperidine rings is 3. The summed E-state index contributed by atoms with van der Waals surface area (Å²) in [5.74, 6) is -3.06. The number of imide groups is 1. The van der Waals surface area contributed by atoms with E-state index in [1.165, 1.54) is 18.2 Å². The van der Waals surface area contributed by atoms with Crippen molar-refractivity contribution >= 4 is 46.5 Å². The fraction of sp³-hybridized carbons (Fsp3) is 0.450. The molecular formula is C40H44F4N8O6. The number of benzene rings is 1. The smallest absolute Gasteiger partial charge is 0.280 e. The van der Waals surface area contributed by atoms with Crippen molar-refractivity contribution in [1.29, 1.82) is 0 Å². The number of nitrogens with zero attached hydrogens (tertiary/aromatic N) is 5. The minimum Gasteiger partial charge on any atom is -0.490 e. The Bertz CT molecular complexity index is 2220. The molecule has 3 aliphatic rings. The topological polar surface area (TPSA) is 170 Å². The van der Waals surface area contributed by atoms with E-state index in [4.69, 9.17) is 9.72 Å². The zero-order chi connectivity index (χ0) is 41.3.